The van der Waals surface area contributed by atoms with Gasteiger partial charge in [0.2, 0.25) is 0 Å². The molecule has 0 amide bonds. The minimum Gasteiger partial charge on any atom is -0.288 e. The Balaban J connectivity index is 2.10. The molecule has 2 aromatic rings. The van der Waals surface area contributed by atoms with Crippen LogP contribution in [0.4, 0.5) is 0 Å². The van der Waals surface area contributed by atoms with E-state index in [1.807, 2.05) is 37.3 Å². The van der Waals surface area contributed by atoms with E-state index >= 15 is 0 Å². The lowest BCUT2D eigenvalue weighted by Crippen LogP contribution is -2.00. The summed E-state index contributed by atoms with van der Waals surface area (Å²) in [6, 6.07) is 13.1. The molecule has 3 heteroatoms. The Kier molecular flexibility index (Phi) is 3.30. The number of fused-ring (bicyclic) bond motifs is 1. The largest absolute Gasteiger partial charge is 0.288 e. The van der Waals surface area contributed by atoms with Crippen LogP contribution in [0.5, 0.6) is 0 Å². The molecule has 2 aromatic carbocycles. The number of halogens is 1. The van der Waals surface area contributed by atoms with Crippen LogP contribution in [0.25, 0.3) is 6.08 Å². The van der Waals surface area contributed by atoms with Gasteiger partial charge in [0, 0.05) is 14.7 Å². The zero-order valence-electron chi connectivity index (χ0n) is 10.8. The molecule has 0 atom stereocenters. The highest BCUT2D eigenvalue weighted by atomic mass is 127. The molecular weight excluding hydrogens is 363 g/mol. The number of Topliss-reactive ketones (excluding diaryl/α,β-unsaturated/α-hetero) is 2. The molecule has 0 unspecified atom stereocenters. The molecule has 0 aliphatic heterocycles. The lowest BCUT2D eigenvalue weighted by molar-refractivity contribution is 0.0990. The quantitative estimate of drug-likeness (QED) is 0.429. The Bertz CT molecular complexity index is 772. The zero-order valence-corrected chi connectivity index (χ0v) is 13.0. The van der Waals surface area contributed by atoms with Crippen LogP contribution in [-0.4, -0.2) is 11.6 Å². The maximum Gasteiger partial charge on any atom is 0.197 e. The number of hydrogen-bond acceptors (Lipinski definition) is 2. The van der Waals surface area contributed by atoms with Gasteiger partial charge in [0.1, 0.15) is 0 Å². The Morgan fingerprint density at radius 1 is 0.950 bits per heavy atom. The minimum absolute atomic E-state index is 0.176. The topological polar surface area (TPSA) is 34.1 Å². The second-order valence-electron chi connectivity index (χ2n) is 4.82. The van der Waals surface area contributed by atoms with E-state index in [1.165, 1.54) is 0 Å². The summed E-state index contributed by atoms with van der Waals surface area (Å²) in [5.41, 5.74) is 3.26. The predicted molar refractivity (Wildman–Crippen MR) is 87.0 cm³/mol. The molecule has 1 aliphatic rings. The molecule has 0 fully saturated rings. The predicted octanol–water partition coefficient (Wildman–Crippen LogP) is 4.06. The summed E-state index contributed by atoms with van der Waals surface area (Å²) in [4.78, 5) is 24.7. The monoisotopic (exact) mass is 374 g/mol. The van der Waals surface area contributed by atoms with Gasteiger partial charge in [0.05, 0.1) is 5.57 Å². The van der Waals surface area contributed by atoms with Crippen molar-refractivity contribution in [3.05, 3.63) is 73.9 Å². The first-order valence-corrected chi connectivity index (χ1v) is 7.31. The van der Waals surface area contributed by atoms with Crippen LogP contribution in [0.2, 0.25) is 0 Å². The average molecular weight is 374 g/mol. The summed E-state index contributed by atoms with van der Waals surface area (Å²) in [6.07, 6.45) is 1.69. The van der Waals surface area contributed by atoms with E-state index in [1.54, 1.807) is 18.2 Å². The molecule has 0 saturated heterocycles. The van der Waals surface area contributed by atoms with Crippen molar-refractivity contribution in [2.24, 2.45) is 0 Å². The third kappa shape index (κ3) is 2.22. The number of carbonyl (C=O) groups is 2. The Hall–Kier alpha value is -1.75. The van der Waals surface area contributed by atoms with Gasteiger partial charge < -0.3 is 0 Å². The van der Waals surface area contributed by atoms with Crippen LogP contribution in [-0.2, 0) is 0 Å². The molecule has 98 valence electrons. The van der Waals surface area contributed by atoms with E-state index in [0.717, 1.165) is 14.7 Å². The van der Waals surface area contributed by atoms with Crippen LogP contribution < -0.4 is 0 Å². The van der Waals surface area contributed by atoms with E-state index in [4.69, 9.17) is 0 Å². The maximum atomic E-state index is 12.4. The smallest absolute Gasteiger partial charge is 0.197 e. The highest BCUT2D eigenvalue weighted by Crippen LogP contribution is 2.29. The van der Waals surface area contributed by atoms with Crippen LogP contribution in [0, 0.1) is 10.5 Å². The van der Waals surface area contributed by atoms with E-state index in [2.05, 4.69) is 22.6 Å². The van der Waals surface area contributed by atoms with Gasteiger partial charge in [0.25, 0.3) is 0 Å². The van der Waals surface area contributed by atoms with Gasteiger partial charge in [-0.3, -0.25) is 9.59 Å². The SMILES string of the molecule is Cc1cccc(/C=C2\C(=O)c3ccc(I)cc3C2=O)c1. The van der Waals surface area contributed by atoms with Crippen molar-refractivity contribution in [1.29, 1.82) is 0 Å². The summed E-state index contributed by atoms with van der Waals surface area (Å²) in [5.74, 6) is -0.354. The summed E-state index contributed by atoms with van der Waals surface area (Å²) >= 11 is 2.14. The van der Waals surface area contributed by atoms with E-state index < -0.39 is 0 Å². The molecule has 0 bridgehead atoms. The van der Waals surface area contributed by atoms with Crippen molar-refractivity contribution in [2.75, 3.05) is 0 Å². The molecular formula is C17H11IO2. The number of rotatable bonds is 1. The number of allylic oxidation sites excluding steroid dienone is 1. The summed E-state index contributed by atoms with van der Waals surface area (Å²) in [7, 11) is 0. The number of aryl methyl sites for hydroxylation is 1. The third-order valence-corrected chi connectivity index (χ3v) is 3.98. The molecule has 2 nitrogen and oxygen atoms in total. The van der Waals surface area contributed by atoms with Gasteiger partial charge in [-0.25, -0.2) is 0 Å². The molecule has 20 heavy (non-hydrogen) atoms. The van der Waals surface area contributed by atoms with Crippen LogP contribution in [0.3, 0.4) is 0 Å². The molecule has 3 rings (SSSR count). The molecule has 0 N–H and O–H groups in total. The Morgan fingerprint density at radius 2 is 1.70 bits per heavy atom. The molecule has 0 radical (unpaired) electrons. The van der Waals surface area contributed by atoms with Gasteiger partial charge in [-0.1, -0.05) is 29.8 Å². The Morgan fingerprint density at radius 3 is 2.45 bits per heavy atom. The van der Waals surface area contributed by atoms with Crippen molar-refractivity contribution in [1.82, 2.24) is 0 Å². The summed E-state index contributed by atoms with van der Waals surface area (Å²) in [6.45, 7) is 1.98. The van der Waals surface area contributed by atoms with Gasteiger partial charge in [-0.05, 0) is 59.4 Å². The lowest BCUT2D eigenvalue weighted by Gasteiger charge is -1.97. The van der Waals surface area contributed by atoms with E-state index in [-0.39, 0.29) is 17.1 Å². The van der Waals surface area contributed by atoms with Crippen LogP contribution >= 0.6 is 22.6 Å². The second-order valence-corrected chi connectivity index (χ2v) is 6.07. The fourth-order valence-electron chi connectivity index (χ4n) is 2.35. The molecule has 0 saturated carbocycles. The van der Waals surface area contributed by atoms with E-state index in [9.17, 15) is 9.59 Å². The first kappa shape index (κ1) is 13.2. The third-order valence-electron chi connectivity index (χ3n) is 3.31. The lowest BCUT2D eigenvalue weighted by atomic mass is 10.1. The summed E-state index contributed by atoms with van der Waals surface area (Å²) < 4.78 is 0.958. The van der Waals surface area contributed by atoms with Crippen molar-refractivity contribution in [3.8, 4) is 0 Å². The minimum atomic E-state index is -0.178. The first-order valence-electron chi connectivity index (χ1n) is 6.23. The zero-order chi connectivity index (χ0) is 14.3. The standard InChI is InChI=1S/C17H11IO2/c1-10-3-2-4-11(7-10)8-15-16(19)13-6-5-12(18)9-14(13)17(15)20/h2-9H,1H3/b15-8+. The second kappa shape index (κ2) is 4.98. The average Bonchev–Trinajstić information content (AvgIpc) is 2.64. The Labute approximate surface area is 130 Å². The van der Waals surface area contributed by atoms with Crippen LogP contribution in [0.1, 0.15) is 31.8 Å². The fraction of sp³-hybridized carbons (Fsp3) is 0.0588. The number of carbonyl (C=O) groups excluding carboxylic acids is 2. The van der Waals surface area contributed by atoms with Gasteiger partial charge >= 0.3 is 0 Å². The van der Waals surface area contributed by atoms with Crippen molar-refractivity contribution in [2.45, 2.75) is 6.92 Å². The van der Waals surface area contributed by atoms with Gasteiger partial charge in [-0.15, -0.1) is 0 Å². The highest BCUT2D eigenvalue weighted by Gasteiger charge is 2.32. The molecule has 0 aromatic heterocycles. The number of benzene rings is 2. The first-order chi connectivity index (χ1) is 9.56. The maximum absolute atomic E-state index is 12.4. The van der Waals surface area contributed by atoms with Crippen molar-refractivity contribution in [3.63, 3.8) is 0 Å². The number of ketones is 2. The van der Waals surface area contributed by atoms with Gasteiger partial charge in [-0.2, -0.15) is 0 Å². The number of hydrogen-bond donors (Lipinski definition) is 0. The summed E-state index contributed by atoms with van der Waals surface area (Å²) in [5, 5.41) is 0. The van der Waals surface area contributed by atoms with Crippen molar-refractivity contribution < 1.29 is 9.59 Å². The normalized spacial score (nSPS) is 15.8. The van der Waals surface area contributed by atoms with Gasteiger partial charge in [0.15, 0.2) is 11.6 Å². The highest BCUT2D eigenvalue weighted by molar-refractivity contribution is 14.1. The molecule has 1 aliphatic carbocycles. The van der Waals surface area contributed by atoms with Crippen LogP contribution in [0.15, 0.2) is 48.0 Å². The van der Waals surface area contributed by atoms with E-state index in [0.29, 0.717) is 11.1 Å². The fourth-order valence-corrected chi connectivity index (χ4v) is 2.84. The molecule has 0 heterocycles. The van der Waals surface area contributed by atoms with Crippen molar-refractivity contribution >= 4 is 40.2 Å². The molecule has 0 spiro atoms.